The minimum Gasteiger partial charge on any atom is -0.356 e. The Kier molecular flexibility index (Phi) is 3.87. The number of anilines is 1. The normalized spacial score (nSPS) is 24.2. The molecular weight excluding hydrogens is 300 g/mol. The summed E-state index contributed by atoms with van der Waals surface area (Å²) < 4.78 is 0. The molecule has 4 rings (SSSR count). The summed E-state index contributed by atoms with van der Waals surface area (Å²) in [5, 5.41) is 1.11. The number of para-hydroxylation sites is 1. The zero-order chi connectivity index (χ0) is 16.7. The van der Waals surface area contributed by atoms with Crippen molar-refractivity contribution < 1.29 is 4.79 Å². The van der Waals surface area contributed by atoms with Crippen molar-refractivity contribution in [2.24, 2.45) is 11.8 Å². The summed E-state index contributed by atoms with van der Waals surface area (Å²) in [5.74, 6) is 2.21. The first-order valence-corrected chi connectivity index (χ1v) is 8.86. The summed E-state index contributed by atoms with van der Waals surface area (Å²) in [4.78, 5) is 25.6. The molecule has 1 saturated carbocycles. The van der Waals surface area contributed by atoms with Crippen LogP contribution in [0.15, 0.2) is 30.6 Å². The van der Waals surface area contributed by atoms with Crippen LogP contribution in [0.4, 0.5) is 5.82 Å². The number of aromatic nitrogens is 2. The first-order valence-electron chi connectivity index (χ1n) is 8.86. The molecule has 1 aliphatic carbocycles. The van der Waals surface area contributed by atoms with Crippen LogP contribution in [0.5, 0.6) is 0 Å². The number of fused-ring (bicyclic) bond motifs is 1. The lowest BCUT2D eigenvalue weighted by Crippen LogP contribution is -2.46. The van der Waals surface area contributed by atoms with E-state index in [2.05, 4.69) is 27.9 Å². The molecule has 2 atom stereocenters. The van der Waals surface area contributed by atoms with Crippen LogP contribution in [0.2, 0.25) is 0 Å². The molecule has 5 nitrogen and oxygen atoms in total. The molecule has 2 fully saturated rings. The monoisotopic (exact) mass is 324 g/mol. The highest BCUT2D eigenvalue weighted by atomic mass is 16.2. The molecular formula is C19H24N4O. The zero-order valence-electron chi connectivity index (χ0n) is 14.4. The van der Waals surface area contributed by atoms with Crippen molar-refractivity contribution in [1.29, 1.82) is 0 Å². The summed E-state index contributed by atoms with van der Waals surface area (Å²) in [6.45, 7) is 4.03. The molecule has 0 bridgehead atoms. The molecule has 1 amide bonds. The number of carbonyl (C=O) groups is 1. The molecule has 1 saturated heterocycles. The third kappa shape index (κ3) is 2.72. The fraction of sp³-hybridized carbons (Fsp3) is 0.526. The molecule has 0 N–H and O–H groups in total. The third-order valence-corrected chi connectivity index (χ3v) is 5.61. The zero-order valence-corrected chi connectivity index (χ0v) is 14.4. The fourth-order valence-electron chi connectivity index (χ4n) is 3.82. The molecule has 2 aromatic rings. The smallest absolute Gasteiger partial charge is 0.225 e. The van der Waals surface area contributed by atoms with E-state index in [4.69, 9.17) is 0 Å². The third-order valence-electron chi connectivity index (χ3n) is 5.61. The van der Waals surface area contributed by atoms with Crippen molar-refractivity contribution in [1.82, 2.24) is 14.9 Å². The maximum Gasteiger partial charge on any atom is 0.225 e. The van der Waals surface area contributed by atoms with Gasteiger partial charge in [0, 0.05) is 37.5 Å². The van der Waals surface area contributed by atoms with Gasteiger partial charge < -0.3 is 9.80 Å². The maximum absolute atomic E-state index is 12.4. The Hall–Kier alpha value is -2.17. The van der Waals surface area contributed by atoms with Crippen molar-refractivity contribution in [3.63, 3.8) is 0 Å². The SMILES string of the molecule is C[C@@H]1C[C@H]1C(=O)N(C)C1CCN(c2ncnc3ccccc23)CC1. The Morgan fingerprint density at radius 1 is 1.21 bits per heavy atom. The molecule has 0 spiro atoms. The van der Waals surface area contributed by atoms with Crippen molar-refractivity contribution in [3.05, 3.63) is 30.6 Å². The van der Waals surface area contributed by atoms with Gasteiger partial charge in [0.2, 0.25) is 5.91 Å². The molecule has 126 valence electrons. The number of hydrogen-bond donors (Lipinski definition) is 0. The van der Waals surface area contributed by atoms with Gasteiger partial charge in [-0.2, -0.15) is 0 Å². The highest BCUT2D eigenvalue weighted by Crippen LogP contribution is 2.39. The summed E-state index contributed by atoms with van der Waals surface area (Å²) >= 11 is 0. The van der Waals surface area contributed by atoms with Crippen LogP contribution in [0.25, 0.3) is 10.9 Å². The van der Waals surface area contributed by atoms with E-state index in [0.29, 0.717) is 17.9 Å². The second-order valence-corrected chi connectivity index (χ2v) is 7.20. The van der Waals surface area contributed by atoms with E-state index in [1.807, 2.05) is 30.1 Å². The van der Waals surface area contributed by atoms with E-state index in [1.165, 1.54) is 0 Å². The van der Waals surface area contributed by atoms with Crippen LogP contribution in [0, 0.1) is 11.8 Å². The largest absolute Gasteiger partial charge is 0.356 e. The number of benzene rings is 1. The Labute approximate surface area is 142 Å². The number of piperidine rings is 1. The van der Waals surface area contributed by atoms with Gasteiger partial charge in [-0.25, -0.2) is 9.97 Å². The summed E-state index contributed by atoms with van der Waals surface area (Å²) in [6, 6.07) is 8.50. The van der Waals surface area contributed by atoms with E-state index >= 15 is 0 Å². The predicted octanol–water partition coefficient (Wildman–Crippen LogP) is 2.71. The molecule has 2 heterocycles. The Morgan fingerprint density at radius 2 is 1.92 bits per heavy atom. The Morgan fingerprint density at radius 3 is 2.62 bits per heavy atom. The van der Waals surface area contributed by atoms with Crippen LogP contribution >= 0.6 is 0 Å². The highest BCUT2D eigenvalue weighted by molar-refractivity contribution is 5.89. The number of rotatable bonds is 3. The lowest BCUT2D eigenvalue weighted by atomic mass is 10.0. The minimum atomic E-state index is 0.277. The fourth-order valence-corrected chi connectivity index (χ4v) is 3.82. The summed E-state index contributed by atoms with van der Waals surface area (Å²) in [5.41, 5.74) is 0.986. The van der Waals surface area contributed by atoms with Crippen molar-refractivity contribution in [2.45, 2.75) is 32.2 Å². The molecule has 1 aromatic carbocycles. The van der Waals surface area contributed by atoms with Gasteiger partial charge in [0.1, 0.15) is 12.1 Å². The number of hydrogen-bond acceptors (Lipinski definition) is 4. The molecule has 5 heteroatoms. The average molecular weight is 324 g/mol. The lowest BCUT2D eigenvalue weighted by molar-refractivity contribution is -0.134. The minimum absolute atomic E-state index is 0.277. The molecule has 1 aliphatic heterocycles. The lowest BCUT2D eigenvalue weighted by Gasteiger charge is -2.37. The van der Waals surface area contributed by atoms with Gasteiger partial charge in [0.25, 0.3) is 0 Å². The number of carbonyl (C=O) groups excluding carboxylic acids is 1. The van der Waals surface area contributed by atoms with Crippen LogP contribution in [-0.4, -0.2) is 47.0 Å². The number of nitrogens with zero attached hydrogens (tertiary/aromatic N) is 4. The van der Waals surface area contributed by atoms with Gasteiger partial charge in [-0.3, -0.25) is 4.79 Å². The van der Waals surface area contributed by atoms with E-state index in [0.717, 1.165) is 49.1 Å². The summed E-state index contributed by atoms with van der Waals surface area (Å²) in [6.07, 6.45) is 4.71. The Bertz CT molecular complexity index is 749. The topological polar surface area (TPSA) is 49.3 Å². The van der Waals surface area contributed by atoms with Crippen molar-refractivity contribution in [2.75, 3.05) is 25.0 Å². The molecule has 24 heavy (non-hydrogen) atoms. The van der Waals surface area contributed by atoms with E-state index < -0.39 is 0 Å². The molecule has 1 aromatic heterocycles. The maximum atomic E-state index is 12.4. The highest BCUT2D eigenvalue weighted by Gasteiger charge is 2.42. The first kappa shape index (κ1) is 15.4. The molecule has 0 radical (unpaired) electrons. The van der Waals surface area contributed by atoms with Gasteiger partial charge in [0.05, 0.1) is 5.52 Å². The Balaban J connectivity index is 1.45. The van der Waals surface area contributed by atoms with Crippen LogP contribution in [0.3, 0.4) is 0 Å². The quantitative estimate of drug-likeness (QED) is 0.871. The summed E-state index contributed by atoms with van der Waals surface area (Å²) in [7, 11) is 1.98. The van der Waals surface area contributed by atoms with Crippen LogP contribution < -0.4 is 4.90 Å². The second-order valence-electron chi connectivity index (χ2n) is 7.20. The van der Waals surface area contributed by atoms with E-state index in [-0.39, 0.29) is 5.92 Å². The van der Waals surface area contributed by atoms with Crippen molar-refractivity contribution in [3.8, 4) is 0 Å². The second kappa shape index (κ2) is 6.04. The van der Waals surface area contributed by atoms with Gasteiger partial charge in [-0.15, -0.1) is 0 Å². The van der Waals surface area contributed by atoms with Gasteiger partial charge in [0.15, 0.2) is 0 Å². The van der Waals surface area contributed by atoms with E-state index in [9.17, 15) is 4.79 Å². The van der Waals surface area contributed by atoms with Crippen LogP contribution in [-0.2, 0) is 4.79 Å². The molecule has 2 aliphatic rings. The van der Waals surface area contributed by atoms with Crippen molar-refractivity contribution >= 4 is 22.6 Å². The van der Waals surface area contributed by atoms with Gasteiger partial charge in [-0.05, 0) is 37.3 Å². The van der Waals surface area contributed by atoms with Crippen LogP contribution in [0.1, 0.15) is 26.2 Å². The van der Waals surface area contributed by atoms with Gasteiger partial charge >= 0.3 is 0 Å². The van der Waals surface area contributed by atoms with Gasteiger partial charge in [-0.1, -0.05) is 19.1 Å². The standard InChI is InChI=1S/C19H24N4O/c1-13-11-16(13)19(24)22(2)14-7-9-23(10-8-14)18-15-5-3-4-6-17(15)20-12-21-18/h3-6,12-14,16H,7-11H2,1-2H3/t13-,16-/m1/s1. The van der Waals surface area contributed by atoms with E-state index in [1.54, 1.807) is 6.33 Å². The predicted molar refractivity (Wildman–Crippen MR) is 94.8 cm³/mol. The molecule has 0 unspecified atom stereocenters. The average Bonchev–Trinajstić information content (AvgIpc) is 3.37. The number of amides is 1. The first-order chi connectivity index (χ1) is 11.6.